The van der Waals surface area contributed by atoms with Gasteiger partial charge in [0.25, 0.3) is 5.69 Å². The molecule has 2 aromatic rings. The monoisotopic (exact) mass is 392 g/mol. The minimum absolute atomic E-state index is 0. The Balaban J connectivity index is 0.00000261. The fourth-order valence-corrected chi connectivity index (χ4v) is 3.23. The summed E-state index contributed by atoms with van der Waals surface area (Å²) in [6, 6.07) is 9.00. The summed E-state index contributed by atoms with van der Waals surface area (Å²) in [7, 11) is 0. The number of nitro benzene ring substituents is 1. The first-order chi connectivity index (χ1) is 12.5. The van der Waals surface area contributed by atoms with Gasteiger partial charge in [0.1, 0.15) is 5.75 Å². The van der Waals surface area contributed by atoms with Gasteiger partial charge in [-0.2, -0.15) is 0 Å². The highest BCUT2D eigenvalue weighted by molar-refractivity contribution is 5.85. The summed E-state index contributed by atoms with van der Waals surface area (Å²) in [5.74, 6) is 0.703. The van der Waals surface area contributed by atoms with Gasteiger partial charge in [0, 0.05) is 62.3 Å². The molecule has 2 heterocycles. The summed E-state index contributed by atoms with van der Waals surface area (Å²) in [6.45, 7) is 7.05. The van der Waals surface area contributed by atoms with Crippen LogP contribution in [0.5, 0.6) is 5.75 Å². The Hall–Kier alpha value is -2.22. The topological polar surface area (TPSA) is 80.5 Å². The van der Waals surface area contributed by atoms with Gasteiger partial charge in [-0.3, -0.25) is 20.0 Å². The summed E-state index contributed by atoms with van der Waals surface area (Å²) >= 11 is 0. The van der Waals surface area contributed by atoms with Crippen LogP contribution in [0.15, 0.2) is 42.7 Å². The molecule has 27 heavy (non-hydrogen) atoms. The smallest absolute Gasteiger partial charge is 0.270 e. The summed E-state index contributed by atoms with van der Waals surface area (Å²) in [5.41, 5.74) is 2.06. The fraction of sp³-hybridized carbons (Fsp3) is 0.421. The maximum Gasteiger partial charge on any atom is 0.270 e. The van der Waals surface area contributed by atoms with E-state index in [1.165, 1.54) is 6.07 Å². The highest BCUT2D eigenvalue weighted by Crippen LogP contribution is 2.30. The van der Waals surface area contributed by atoms with Crippen LogP contribution in [0.2, 0.25) is 0 Å². The van der Waals surface area contributed by atoms with Gasteiger partial charge in [-0.1, -0.05) is 6.07 Å². The summed E-state index contributed by atoms with van der Waals surface area (Å²) < 4.78 is 5.89. The number of non-ortho nitro benzene ring substituents is 1. The van der Waals surface area contributed by atoms with Gasteiger partial charge in [-0.15, -0.1) is 12.4 Å². The van der Waals surface area contributed by atoms with Gasteiger partial charge in [-0.25, -0.2) is 0 Å². The molecule has 0 saturated carbocycles. The van der Waals surface area contributed by atoms with E-state index in [0.29, 0.717) is 12.3 Å². The number of piperazine rings is 1. The first kappa shape index (κ1) is 21.1. The van der Waals surface area contributed by atoms with Crippen LogP contribution in [-0.2, 0) is 6.54 Å². The van der Waals surface area contributed by atoms with E-state index < -0.39 is 0 Å². The van der Waals surface area contributed by atoms with Crippen molar-refractivity contribution in [1.82, 2.24) is 15.2 Å². The van der Waals surface area contributed by atoms with Gasteiger partial charge in [0.05, 0.1) is 11.0 Å². The van der Waals surface area contributed by atoms with E-state index >= 15 is 0 Å². The van der Waals surface area contributed by atoms with E-state index in [1.807, 2.05) is 26.1 Å². The van der Waals surface area contributed by atoms with Crippen molar-refractivity contribution in [3.8, 4) is 5.75 Å². The van der Waals surface area contributed by atoms with Crippen LogP contribution in [0, 0.1) is 10.1 Å². The number of pyridine rings is 1. The Morgan fingerprint density at radius 1 is 1.41 bits per heavy atom. The number of rotatable bonds is 6. The summed E-state index contributed by atoms with van der Waals surface area (Å²) in [4.78, 5) is 17.4. The second kappa shape index (κ2) is 9.64. The number of hydrogen-bond donors (Lipinski definition) is 1. The normalized spacial score (nSPS) is 17.4. The van der Waals surface area contributed by atoms with Crippen molar-refractivity contribution in [3.05, 3.63) is 64.0 Å². The van der Waals surface area contributed by atoms with Crippen LogP contribution in [0.3, 0.4) is 0 Å². The zero-order valence-corrected chi connectivity index (χ0v) is 16.3. The number of halogens is 1. The molecule has 1 aromatic heterocycles. The minimum Gasteiger partial charge on any atom is -0.491 e. The molecule has 1 atom stereocenters. The molecule has 7 nitrogen and oxygen atoms in total. The molecule has 0 radical (unpaired) electrons. The maximum atomic E-state index is 11.2. The predicted octanol–water partition coefficient (Wildman–Crippen LogP) is 3.35. The second-order valence-corrected chi connectivity index (χ2v) is 6.69. The van der Waals surface area contributed by atoms with E-state index in [0.717, 1.165) is 30.8 Å². The van der Waals surface area contributed by atoms with Crippen molar-refractivity contribution < 1.29 is 9.66 Å². The Morgan fingerprint density at radius 2 is 2.22 bits per heavy atom. The van der Waals surface area contributed by atoms with Crippen molar-refractivity contribution in [1.29, 1.82) is 0 Å². The van der Waals surface area contributed by atoms with Crippen LogP contribution in [0.4, 0.5) is 5.69 Å². The maximum absolute atomic E-state index is 11.2. The first-order valence-electron chi connectivity index (χ1n) is 8.83. The number of nitrogens with zero attached hydrogens (tertiary/aromatic N) is 3. The Bertz CT molecular complexity index is 758. The Morgan fingerprint density at radius 3 is 2.89 bits per heavy atom. The van der Waals surface area contributed by atoms with E-state index in [9.17, 15) is 10.1 Å². The molecule has 1 aliphatic heterocycles. The number of nitro groups is 1. The van der Waals surface area contributed by atoms with Crippen molar-refractivity contribution in [2.24, 2.45) is 0 Å². The zero-order chi connectivity index (χ0) is 18.5. The lowest BCUT2D eigenvalue weighted by Gasteiger charge is -2.36. The van der Waals surface area contributed by atoms with E-state index in [-0.39, 0.29) is 35.2 Å². The largest absolute Gasteiger partial charge is 0.491 e. The molecule has 3 rings (SSSR count). The van der Waals surface area contributed by atoms with Gasteiger partial charge in [0.15, 0.2) is 0 Å². The Kier molecular flexibility index (Phi) is 7.53. The number of ether oxygens (including phenoxy) is 1. The van der Waals surface area contributed by atoms with Crippen molar-refractivity contribution >= 4 is 18.1 Å². The zero-order valence-electron chi connectivity index (χ0n) is 15.5. The lowest BCUT2D eigenvalue weighted by Crippen LogP contribution is -2.45. The number of hydrogen-bond acceptors (Lipinski definition) is 6. The van der Waals surface area contributed by atoms with Gasteiger partial charge < -0.3 is 10.1 Å². The van der Waals surface area contributed by atoms with E-state index in [2.05, 4.69) is 21.3 Å². The Labute approximate surface area is 165 Å². The van der Waals surface area contributed by atoms with Crippen LogP contribution in [0.1, 0.15) is 31.0 Å². The lowest BCUT2D eigenvalue weighted by atomic mass is 10.0. The third kappa shape index (κ3) is 5.38. The third-order valence-corrected chi connectivity index (χ3v) is 4.41. The van der Waals surface area contributed by atoms with E-state index in [1.54, 1.807) is 18.3 Å². The number of aromatic nitrogens is 1. The minimum atomic E-state index is -0.362. The molecule has 1 fully saturated rings. The van der Waals surface area contributed by atoms with Crippen molar-refractivity contribution in [3.63, 3.8) is 0 Å². The number of nitrogens with one attached hydrogen (secondary N) is 1. The molecule has 0 aliphatic carbocycles. The average Bonchev–Trinajstić information content (AvgIpc) is 2.64. The van der Waals surface area contributed by atoms with Gasteiger partial charge >= 0.3 is 0 Å². The van der Waals surface area contributed by atoms with E-state index in [4.69, 9.17) is 4.74 Å². The second-order valence-electron chi connectivity index (χ2n) is 6.69. The molecular weight excluding hydrogens is 368 g/mol. The SMILES string of the molecule is CC(C)Oc1ccc([N+](=O)[O-])cc1CN1CCNCC1c1cccnc1.Cl. The molecule has 0 amide bonds. The number of benzene rings is 1. The molecule has 0 bridgehead atoms. The molecule has 146 valence electrons. The highest BCUT2D eigenvalue weighted by atomic mass is 35.5. The van der Waals surface area contributed by atoms with Crippen LogP contribution >= 0.6 is 12.4 Å². The molecule has 1 saturated heterocycles. The van der Waals surface area contributed by atoms with Gasteiger partial charge in [0.2, 0.25) is 0 Å². The molecule has 0 spiro atoms. The quantitative estimate of drug-likeness (QED) is 0.599. The summed E-state index contributed by atoms with van der Waals surface area (Å²) in [6.07, 6.45) is 3.65. The molecule has 1 N–H and O–H groups in total. The lowest BCUT2D eigenvalue weighted by molar-refractivity contribution is -0.385. The van der Waals surface area contributed by atoms with Crippen LogP contribution in [0.25, 0.3) is 0 Å². The molecule has 1 aromatic carbocycles. The van der Waals surface area contributed by atoms with Crippen molar-refractivity contribution in [2.45, 2.75) is 32.5 Å². The van der Waals surface area contributed by atoms with Gasteiger partial charge in [-0.05, 0) is 31.5 Å². The van der Waals surface area contributed by atoms with Crippen molar-refractivity contribution in [2.75, 3.05) is 19.6 Å². The highest BCUT2D eigenvalue weighted by Gasteiger charge is 2.25. The first-order valence-corrected chi connectivity index (χ1v) is 8.83. The molecule has 1 unspecified atom stereocenters. The molecular formula is C19H25ClN4O3. The molecule has 8 heteroatoms. The van der Waals surface area contributed by atoms with Crippen LogP contribution < -0.4 is 10.1 Å². The average molecular weight is 393 g/mol. The third-order valence-electron chi connectivity index (χ3n) is 4.41. The predicted molar refractivity (Wildman–Crippen MR) is 106 cm³/mol. The summed E-state index contributed by atoms with van der Waals surface area (Å²) in [5, 5.41) is 14.6. The standard InChI is InChI=1S/C19H24N4O3.ClH/c1-14(2)26-19-6-5-17(23(24)25)10-16(19)13-22-9-8-21-12-18(22)15-4-3-7-20-11-15;/h3-7,10-11,14,18,21H,8-9,12-13H2,1-2H3;1H. The molecule has 1 aliphatic rings. The fourth-order valence-electron chi connectivity index (χ4n) is 3.23. The van der Waals surface area contributed by atoms with Crippen LogP contribution in [-0.4, -0.2) is 40.5 Å².